The number of pyridine rings is 1. The highest BCUT2D eigenvalue weighted by Crippen LogP contribution is 2.25. The van der Waals surface area contributed by atoms with E-state index in [-0.39, 0.29) is 11.4 Å². The van der Waals surface area contributed by atoms with E-state index < -0.39 is 4.92 Å². The number of rotatable bonds is 5. The van der Waals surface area contributed by atoms with Crippen molar-refractivity contribution in [3.05, 3.63) is 52.2 Å². The van der Waals surface area contributed by atoms with Crippen molar-refractivity contribution in [1.82, 2.24) is 4.98 Å². The van der Waals surface area contributed by atoms with E-state index in [1.165, 1.54) is 31.5 Å². The Hall–Kier alpha value is -3.16. The molecule has 0 saturated carbocycles. The first-order valence-corrected chi connectivity index (χ1v) is 5.86. The lowest BCUT2D eigenvalue weighted by Crippen LogP contribution is -1.95. The third-order valence-electron chi connectivity index (χ3n) is 2.56. The number of aromatic nitrogens is 1. The van der Waals surface area contributed by atoms with E-state index in [1.807, 2.05) is 0 Å². The number of ether oxygens (including phenoxy) is 1. The van der Waals surface area contributed by atoms with Gasteiger partial charge < -0.3 is 9.84 Å². The zero-order valence-corrected chi connectivity index (χ0v) is 11.1. The van der Waals surface area contributed by atoms with Crippen LogP contribution in [0.3, 0.4) is 0 Å². The fourth-order valence-electron chi connectivity index (χ4n) is 1.51. The van der Waals surface area contributed by atoms with Crippen LogP contribution in [0.5, 0.6) is 11.5 Å². The summed E-state index contributed by atoms with van der Waals surface area (Å²) in [6.45, 7) is 0. The minimum atomic E-state index is -0.525. The van der Waals surface area contributed by atoms with Crippen LogP contribution in [-0.2, 0) is 0 Å². The number of nitrogens with one attached hydrogen (secondary N) is 1. The van der Waals surface area contributed by atoms with Gasteiger partial charge in [-0.1, -0.05) is 0 Å². The minimum Gasteiger partial charge on any atom is -0.504 e. The maximum Gasteiger partial charge on any atom is 0.287 e. The zero-order valence-electron chi connectivity index (χ0n) is 11.1. The molecule has 1 aromatic heterocycles. The van der Waals surface area contributed by atoms with E-state index in [2.05, 4.69) is 15.5 Å². The molecule has 1 aromatic carbocycles. The number of anilines is 1. The number of nitrogens with zero attached hydrogens (tertiary/aromatic N) is 3. The zero-order chi connectivity index (χ0) is 15.2. The number of hydrazone groups is 1. The number of methoxy groups -OCH3 is 1. The predicted molar refractivity (Wildman–Crippen MR) is 76.8 cm³/mol. The van der Waals surface area contributed by atoms with Crippen molar-refractivity contribution in [3.63, 3.8) is 0 Å². The number of phenolic OH excluding ortho intramolecular Hbond substituents is 1. The van der Waals surface area contributed by atoms with Crippen molar-refractivity contribution in [2.75, 3.05) is 12.5 Å². The van der Waals surface area contributed by atoms with Gasteiger partial charge in [-0.3, -0.25) is 15.5 Å². The molecule has 0 radical (unpaired) electrons. The molecule has 0 atom stereocenters. The smallest absolute Gasteiger partial charge is 0.287 e. The molecule has 0 aliphatic rings. The number of phenols is 1. The summed E-state index contributed by atoms with van der Waals surface area (Å²) in [6.07, 6.45) is 2.65. The minimum absolute atomic E-state index is 0.0413. The Morgan fingerprint density at radius 1 is 1.43 bits per heavy atom. The third-order valence-corrected chi connectivity index (χ3v) is 2.56. The SMILES string of the molecule is COc1cc(C=NNc2ccc([N+](=O)[O-])cn2)ccc1O. The van der Waals surface area contributed by atoms with E-state index in [0.717, 1.165) is 6.20 Å². The van der Waals surface area contributed by atoms with Crippen molar-refractivity contribution in [3.8, 4) is 11.5 Å². The largest absolute Gasteiger partial charge is 0.504 e. The molecule has 21 heavy (non-hydrogen) atoms. The Morgan fingerprint density at radius 3 is 2.86 bits per heavy atom. The van der Waals surface area contributed by atoms with Crippen molar-refractivity contribution in [1.29, 1.82) is 0 Å². The van der Waals surface area contributed by atoms with Crippen molar-refractivity contribution in [2.45, 2.75) is 0 Å². The fourth-order valence-corrected chi connectivity index (χ4v) is 1.51. The van der Waals surface area contributed by atoms with Gasteiger partial charge in [-0.2, -0.15) is 5.10 Å². The molecule has 0 spiro atoms. The third kappa shape index (κ3) is 3.66. The summed E-state index contributed by atoms with van der Waals surface area (Å²) < 4.78 is 4.98. The Labute approximate surface area is 119 Å². The summed E-state index contributed by atoms with van der Waals surface area (Å²) in [5, 5.41) is 23.9. The lowest BCUT2D eigenvalue weighted by molar-refractivity contribution is -0.385. The molecule has 0 saturated heterocycles. The van der Waals surface area contributed by atoms with Gasteiger partial charge in [-0.25, -0.2) is 4.98 Å². The molecule has 108 valence electrons. The maximum atomic E-state index is 10.5. The van der Waals surface area contributed by atoms with Gasteiger partial charge in [0.05, 0.1) is 18.2 Å². The lowest BCUT2D eigenvalue weighted by Gasteiger charge is -2.03. The number of nitro groups is 1. The van der Waals surface area contributed by atoms with Gasteiger partial charge in [0.2, 0.25) is 0 Å². The topological polar surface area (TPSA) is 110 Å². The molecule has 0 aliphatic heterocycles. The van der Waals surface area contributed by atoms with E-state index in [4.69, 9.17) is 4.74 Å². The number of hydrogen-bond donors (Lipinski definition) is 2. The van der Waals surface area contributed by atoms with Crippen LogP contribution in [0, 0.1) is 10.1 Å². The van der Waals surface area contributed by atoms with Crippen molar-refractivity contribution >= 4 is 17.7 Å². The average molecular weight is 288 g/mol. The first-order chi connectivity index (χ1) is 10.1. The first kappa shape index (κ1) is 14.3. The van der Waals surface area contributed by atoms with E-state index >= 15 is 0 Å². The first-order valence-electron chi connectivity index (χ1n) is 5.86. The molecule has 2 rings (SSSR count). The molecular formula is C13H12N4O4. The Kier molecular flexibility index (Phi) is 4.30. The molecule has 1 heterocycles. The average Bonchev–Trinajstić information content (AvgIpc) is 2.49. The van der Waals surface area contributed by atoms with Gasteiger partial charge in [-0.15, -0.1) is 0 Å². The Morgan fingerprint density at radius 2 is 2.24 bits per heavy atom. The monoisotopic (exact) mass is 288 g/mol. The number of hydrogen-bond acceptors (Lipinski definition) is 7. The van der Waals surface area contributed by atoms with Crippen molar-refractivity contribution in [2.24, 2.45) is 5.10 Å². The lowest BCUT2D eigenvalue weighted by atomic mass is 10.2. The van der Waals surface area contributed by atoms with Crippen LogP contribution in [0.4, 0.5) is 11.5 Å². The van der Waals surface area contributed by atoms with Gasteiger partial charge in [0.1, 0.15) is 12.0 Å². The standard InChI is InChI=1S/C13H12N4O4/c1-21-12-6-9(2-4-11(12)18)7-15-16-13-5-3-10(8-14-13)17(19)20/h2-8,18H,1H3,(H,14,16). The molecule has 0 bridgehead atoms. The fraction of sp³-hybridized carbons (Fsp3) is 0.0769. The van der Waals surface area contributed by atoms with E-state index in [0.29, 0.717) is 17.1 Å². The van der Waals surface area contributed by atoms with Gasteiger partial charge in [0.15, 0.2) is 11.5 Å². The van der Waals surface area contributed by atoms with Crippen LogP contribution in [0.1, 0.15) is 5.56 Å². The molecule has 0 fully saturated rings. The predicted octanol–water partition coefficient (Wildman–Crippen LogP) is 2.15. The second-order valence-electron chi connectivity index (χ2n) is 3.96. The molecule has 0 aliphatic carbocycles. The van der Waals surface area contributed by atoms with E-state index in [1.54, 1.807) is 12.1 Å². The summed E-state index contributed by atoms with van der Waals surface area (Å²) >= 11 is 0. The van der Waals surface area contributed by atoms with Crippen LogP contribution in [0.25, 0.3) is 0 Å². The summed E-state index contributed by atoms with van der Waals surface area (Å²) in [7, 11) is 1.45. The molecule has 2 N–H and O–H groups in total. The van der Waals surface area contributed by atoms with Crippen LogP contribution in [0.15, 0.2) is 41.6 Å². The van der Waals surface area contributed by atoms with Gasteiger partial charge in [0.25, 0.3) is 5.69 Å². The molecular weight excluding hydrogens is 276 g/mol. The highest BCUT2D eigenvalue weighted by atomic mass is 16.6. The van der Waals surface area contributed by atoms with Gasteiger partial charge in [0, 0.05) is 6.07 Å². The Balaban J connectivity index is 2.03. The summed E-state index contributed by atoms with van der Waals surface area (Å²) in [5.74, 6) is 0.759. The van der Waals surface area contributed by atoms with Crippen LogP contribution in [-0.4, -0.2) is 28.3 Å². The number of benzene rings is 1. The normalized spacial score (nSPS) is 10.5. The van der Waals surface area contributed by atoms with Crippen molar-refractivity contribution < 1.29 is 14.8 Å². The molecule has 0 amide bonds. The summed E-state index contributed by atoms with van der Waals surface area (Å²) in [4.78, 5) is 13.8. The molecule has 2 aromatic rings. The Bertz CT molecular complexity index is 670. The summed E-state index contributed by atoms with van der Waals surface area (Å²) in [5.41, 5.74) is 3.26. The van der Waals surface area contributed by atoms with Crippen LogP contribution in [0.2, 0.25) is 0 Å². The highest BCUT2D eigenvalue weighted by Gasteiger charge is 2.04. The van der Waals surface area contributed by atoms with Crippen LogP contribution < -0.4 is 10.2 Å². The second-order valence-corrected chi connectivity index (χ2v) is 3.96. The van der Waals surface area contributed by atoms with Gasteiger partial charge >= 0.3 is 0 Å². The molecule has 8 nitrogen and oxygen atoms in total. The molecule has 0 unspecified atom stereocenters. The molecule has 8 heteroatoms. The van der Waals surface area contributed by atoms with E-state index in [9.17, 15) is 15.2 Å². The summed E-state index contributed by atoms with van der Waals surface area (Å²) in [6, 6.07) is 7.54. The number of aromatic hydroxyl groups is 1. The quantitative estimate of drug-likeness (QED) is 0.495. The highest BCUT2D eigenvalue weighted by molar-refractivity contribution is 5.81. The van der Waals surface area contributed by atoms with Crippen LogP contribution >= 0.6 is 0 Å². The maximum absolute atomic E-state index is 10.5. The second kappa shape index (κ2) is 6.33. The van der Waals surface area contributed by atoms with Gasteiger partial charge in [-0.05, 0) is 29.8 Å².